The van der Waals surface area contributed by atoms with E-state index in [9.17, 15) is 0 Å². The molecule has 0 bridgehead atoms. The van der Waals surface area contributed by atoms with Crippen molar-refractivity contribution in [1.82, 2.24) is 4.90 Å². The summed E-state index contributed by atoms with van der Waals surface area (Å²) in [5.74, 6) is 0. The van der Waals surface area contributed by atoms with Crippen LogP contribution in [-0.4, -0.2) is 24.5 Å². The van der Waals surface area contributed by atoms with Gasteiger partial charge in [0.15, 0.2) is 0 Å². The van der Waals surface area contributed by atoms with Crippen LogP contribution in [0, 0.1) is 0 Å². The third-order valence-electron chi connectivity index (χ3n) is 4.69. The number of rotatable bonds is 4. The largest absolute Gasteiger partial charge is 0.300 e. The first-order valence-electron chi connectivity index (χ1n) is 8.58. The summed E-state index contributed by atoms with van der Waals surface area (Å²) in [5.41, 5.74) is 5.13. The van der Waals surface area contributed by atoms with Gasteiger partial charge in [-0.05, 0) is 67.3 Å². The maximum Gasteiger partial charge on any atom is 0.0264 e. The lowest BCUT2D eigenvalue weighted by atomic mass is 10.0. The van der Waals surface area contributed by atoms with Gasteiger partial charge < -0.3 is 0 Å². The molecule has 24 heavy (non-hydrogen) atoms. The number of hydrogen-bond acceptors (Lipinski definition) is 1. The van der Waals surface area contributed by atoms with Crippen LogP contribution < -0.4 is 0 Å². The average molecular weight is 449 g/mol. The smallest absolute Gasteiger partial charge is 0.0264 e. The number of nitrogens with zero attached hydrogens (tertiary/aromatic N) is 1. The van der Waals surface area contributed by atoms with Crippen LogP contribution in [-0.2, 0) is 0 Å². The molecule has 1 saturated heterocycles. The van der Waals surface area contributed by atoms with Crippen LogP contribution in [0.15, 0.2) is 57.5 Å². The van der Waals surface area contributed by atoms with E-state index in [0.29, 0.717) is 0 Å². The first-order chi connectivity index (χ1) is 11.6. The highest BCUT2D eigenvalue weighted by Crippen LogP contribution is 2.31. The molecule has 1 aliphatic heterocycles. The fourth-order valence-corrected chi connectivity index (χ4v) is 4.44. The van der Waals surface area contributed by atoms with Gasteiger partial charge in [0.05, 0.1) is 0 Å². The van der Waals surface area contributed by atoms with E-state index in [-0.39, 0.29) is 0 Å². The van der Waals surface area contributed by atoms with Gasteiger partial charge in [0.25, 0.3) is 0 Å². The highest BCUT2D eigenvalue weighted by atomic mass is 79.9. The third kappa shape index (κ3) is 4.59. The Labute approximate surface area is 162 Å². The lowest BCUT2D eigenvalue weighted by molar-refractivity contribution is 0.251. The van der Waals surface area contributed by atoms with Gasteiger partial charge in [-0.3, -0.25) is 4.90 Å². The predicted octanol–water partition coefficient (Wildman–Crippen LogP) is 6.77. The van der Waals surface area contributed by atoms with Crippen molar-refractivity contribution < 1.29 is 0 Å². The fraction of sp³-hybridized carbons (Fsp3) is 0.333. The van der Waals surface area contributed by atoms with E-state index in [0.717, 1.165) is 15.5 Å². The summed E-state index contributed by atoms with van der Waals surface area (Å²) in [6.07, 6.45) is 6.47. The molecule has 0 aromatic heterocycles. The van der Waals surface area contributed by atoms with Crippen LogP contribution >= 0.6 is 31.9 Å². The monoisotopic (exact) mass is 447 g/mol. The Balaban J connectivity index is 1.71. The van der Waals surface area contributed by atoms with Crippen LogP contribution in [0.4, 0.5) is 0 Å². The molecule has 126 valence electrons. The number of hydrogen-bond donors (Lipinski definition) is 0. The second kappa shape index (κ2) is 8.46. The molecule has 0 atom stereocenters. The zero-order valence-electron chi connectivity index (χ0n) is 14.1. The van der Waals surface area contributed by atoms with Gasteiger partial charge in [-0.1, -0.05) is 74.7 Å². The maximum absolute atomic E-state index is 3.65. The minimum Gasteiger partial charge on any atom is -0.300 e. The molecule has 0 amide bonds. The standard InChI is InChI=1S/C21H23Br2N/c1-16(11-14-24-12-3-2-4-13-24)17-5-7-18(8-6-17)20-10-9-19(22)15-21(20)23/h5-11,15H,2-4,12-14H2,1H3. The fourth-order valence-electron chi connectivity index (χ4n) is 3.16. The summed E-state index contributed by atoms with van der Waals surface area (Å²) in [6, 6.07) is 15.2. The van der Waals surface area contributed by atoms with Gasteiger partial charge in [0.1, 0.15) is 0 Å². The molecule has 2 aromatic rings. The van der Waals surface area contributed by atoms with Crippen molar-refractivity contribution in [2.75, 3.05) is 19.6 Å². The summed E-state index contributed by atoms with van der Waals surface area (Å²) in [6.45, 7) is 5.79. The van der Waals surface area contributed by atoms with E-state index in [4.69, 9.17) is 0 Å². The van der Waals surface area contributed by atoms with E-state index in [1.54, 1.807) is 0 Å². The molecule has 1 heterocycles. The number of likely N-dealkylation sites (tertiary alicyclic amines) is 1. The zero-order chi connectivity index (χ0) is 16.9. The molecule has 2 aromatic carbocycles. The average Bonchev–Trinajstić information content (AvgIpc) is 2.61. The van der Waals surface area contributed by atoms with Gasteiger partial charge in [-0.2, -0.15) is 0 Å². The summed E-state index contributed by atoms with van der Waals surface area (Å²) >= 11 is 7.16. The van der Waals surface area contributed by atoms with Gasteiger partial charge in [0.2, 0.25) is 0 Å². The first kappa shape index (κ1) is 17.9. The van der Waals surface area contributed by atoms with Crippen molar-refractivity contribution in [3.05, 3.63) is 63.0 Å². The molecular weight excluding hydrogens is 426 g/mol. The van der Waals surface area contributed by atoms with Crippen LogP contribution in [0.3, 0.4) is 0 Å². The normalized spacial score (nSPS) is 16.4. The van der Waals surface area contributed by atoms with Crippen LogP contribution in [0.2, 0.25) is 0 Å². The quantitative estimate of drug-likeness (QED) is 0.498. The molecule has 3 heteroatoms. The molecule has 0 N–H and O–H groups in total. The van der Waals surface area contributed by atoms with Gasteiger partial charge >= 0.3 is 0 Å². The Hall–Kier alpha value is -0.900. The predicted molar refractivity (Wildman–Crippen MR) is 111 cm³/mol. The highest BCUT2D eigenvalue weighted by Gasteiger charge is 2.08. The lowest BCUT2D eigenvalue weighted by Gasteiger charge is -2.25. The summed E-state index contributed by atoms with van der Waals surface area (Å²) in [5, 5.41) is 0. The molecule has 0 spiro atoms. The van der Waals surface area contributed by atoms with Crippen molar-refractivity contribution in [2.45, 2.75) is 26.2 Å². The second-order valence-corrected chi connectivity index (χ2v) is 8.22. The minimum atomic E-state index is 1.08. The Kier molecular flexibility index (Phi) is 6.31. The van der Waals surface area contributed by atoms with Crippen LogP contribution in [0.25, 0.3) is 16.7 Å². The van der Waals surface area contributed by atoms with Crippen molar-refractivity contribution in [2.24, 2.45) is 0 Å². The third-order valence-corrected chi connectivity index (χ3v) is 5.84. The van der Waals surface area contributed by atoms with Crippen LogP contribution in [0.5, 0.6) is 0 Å². The number of piperidine rings is 1. The van der Waals surface area contributed by atoms with E-state index in [1.807, 2.05) is 0 Å². The molecule has 0 saturated carbocycles. The molecule has 0 radical (unpaired) electrons. The SMILES string of the molecule is CC(=CCN1CCCCC1)c1ccc(-c2ccc(Br)cc2Br)cc1. The highest BCUT2D eigenvalue weighted by molar-refractivity contribution is 9.11. The Bertz CT molecular complexity index is 713. The molecule has 1 aliphatic rings. The van der Waals surface area contributed by atoms with Crippen molar-refractivity contribution in [1.29, 1.82) is 0 Å². The lowest BCUT2D eigenvalue weighted by Crippen LogP contribution is -2.29. The number of allylic oxidation sites excluding steroid dienone is 1. The summed E-state index contributed by atoms with van der Waals surface area (Å²) in [4.78, 5) is 2.56. The second-order valence-electron chi connectivity index (χ2n) is 6.45. The zero-order valence-corrected chi connectivity index (χ0v) is 17.2. The van der Waals surface area contributed by atoms with Gasteiger partial charge in [-0.15, -0.1) is 0 Å². The van der Waals surface area contributed by atoms with E-state index in [1.165, 1.54) is 54.6 Å². The Morgan fingerprint density at radius 3 is 2.38 bits per heavy atom. The van der Waals surface area contributed by atoms with Crippen LogP contribution in [0.1, 0.15) is 31.7 Å². The molecule has 3 rings (SSSR count). The Morgan fingerprint density at radius 2 is 1.71 bits per heavy atom. The van der Waals surface area contributed by atoms with E-state index < -0.39 is 0 Å². The van der Waals surface area contributed by atoms with Crippen molar-refractivity contribution in [3.63, 3.8) is 0 Å². The van der Waals surface area contributed by atoms with Gasteiger partial charge in [0, 0.05) is 15.5 Å². The topological polar surface area (TPSA) is 3.24 Å². The Morgan fingerprint density at radius 1 is 1.00 bits per heavy atom. The minimum absolute atomic E-state index is 1.08. The summed E-state index contributed by atoms with van der Waals surface area (Å²) in [7, 11) is 0. The van der Waals surface area contributed by atoms with Crippen molar-refractivity contribution >= 4 is 37.4 Å². The molecule has 0 unspecified atom stereocenters. The molecule has 1 nitrogen and oxygen atoms in total. The number of halogens is 2. The molecule has 0 aliphatic carbocycles. The first-order valence-corrected chi connectivity index (χ1v) is 10.2. The van der Waals surface area contributed by atoms with E-state index >= 15 is 0 Å². The number of benzene rings is 2. The molecular formula is C21H23Br2N. The van der Waals surface area contributed by atoms with E-state index in [2.05, 4.69) is 92.2 Å². The molecule has 1 fully saturated rings. The van der Waals surface area contributed by atoms with Gasteiger partial charge in [-0.25, -0.2) is 0 Å². The van der Waals surface area contributed by atoms with Crippen molar-refractivity contribution in [3.8, 4) is 11.1 Å². The maximum atomic E-state index is 3.65. The summed E-state index contributed by atoms with van der Waals surface area (Å²) < 4.78 is 2.20.